The summed E-state index contributed by atoms with van der Waals surface area (Å²) in [6, 6.07) is 7.25. The first-order chi connectivity index (χ1) is 13.1. The average molecular weight is 405 g/mol. The maximum atomic E-state index is 11.8. The molecular formula is C16H18F3N3O6. The zero-order chi connectivity index (χ0) is 20.9. The predicted molar refractivity (Wildman–Crippen MR) is 90.0 cm³/mol. The molecule has 0 aromatic heterocycles. The van der Waals surface area contributed by atoms with Crippen LogP contribution in [0.1, 0.15) is 0 Å². The van der Waals surface area contributed by atoms with Gasteiger partial charge in [-0.2, -0.15) is 13.2 Å². The first kappa shape index (κ1) is 21.4. The fourth-order valence-corrected chi connectivity index (χ4v) is 2.46. The second kappa shape index (κ2) is 8.89. The van der Waals surface area contributed by atoms with E-state index >= 15 is 0 Å². The Morgan fingerprint density at radius 3 is 2.14 bits per heavy atom. The number of cyclic esters (lactones) is 1. The standard InChI is InChI=1S/C14H17N3O4.C2HF3O2/c15-7-12-8-17(14(19)21-12)11-3-1-10(2-4-11)16-5-6-20-9-13(16)18;3-2(4,5)1(6)7/h1-4,12H,5-9,15H2;(H,6,7)/t12-;/m0./s1. The van der Waals surface area contributed by atoms with Gasteiger partial charge in [0.05, 0.1) is 13.2 Å². The number of benzene rings is 1. The molecule has 2 aliphatic rings. The van der Waals surface area contributed by atoms with Crippen molar-refractivity contribution < 1.29 is 42.1 Å². The maximum Gasteiger partial charge on any atom is 0.490 e. The van der Waals surface area contributed by atoms with Gasteiger partial charge in [0.15, 0.2) is 0 Å². The number of morpholine rings is 1. The molecule has 3 N–H and O–H groups in total. The number of carbonyl (C=O) groups excluding carboxylic acids is 2. The molecule has 2 fully saturated rings. The summed E-state index contributed by atoms with van der Waals surface area (Å²) >= 11 is 0. The molecule has 12 heteroatoms. The van der Waals surface area contributed by atoms with E-state index < -0.39 is 12.1 Å². The van der Waals surface area contributed by atoms with Crippen LogP contribution in [0.5, 0.6) is 0 Å². The van der Waals surface area contributed by atoms with Gasteiger partial charge in [-0.15, -0.1) is 0 Å². The minimum atomic E-state index is -5.08. The summed E-state index contributed by atoms with van der Waals surface area (Å²) in [5.74, 6) is -2.81. The lowest BCUT2D eigenvalue weighted by Crippen LogP contribution is -2.41. The monoisotopic (exact) mass is 405 g/mol. The van der Waals surface area contributed by atoms with E-state index in [2.05, 4.69) is 0 Å². The quantitative estimate of drug-likeness (QED) is 0.768. The van der Waals surface area contributed by atoms with Gasteiger partial charge < -0.3 is 25.2 Å². The Morgan fingerprint density at radius 1 is 1.18 bits per heavy atom. The Hall–Kier alpha value is -2.86. The average Bonchev–Trinajstić information content (AvgIpc) is 3.03. The van der Waals surface area contributed by atoms with Crippen molar-refractivity contribution in [2.24, 2.45) is 5.73 Å². The zero-order valence-corrected chi connectivity index (χ0v) is 14.5. The summed E-state index contributed by atoms with van der Waals surface area (Å²) in [7, 11) is 0. The number of carboxylic acid groups (broad SMARTS) is 1. The van der Waals surface area contributed by atoms with Crippen LogP contribution in [0.15, 0.2) is 24.3 Å². The molecule has 1 atom stereocenters. The van der Waals surface area contributed by atoms with Crippen molar-refractivity contribution >= 4 is 29.3 Å². The van der Waals surface area contributed by atoms with Crippen LogP contribution in [0.3, 0.4) is 0 Å². The Morgan fingerprint density at radius 2 is 1.71 bits per heavy atom. The number of nitrogens with zero attached hydrogens (tertiary/aromatic N) is 2. The fraction of sp³-hybridized carbons (Fsp3) is 0.438. The first-order valence-corrected chi connectivity index (χ1v) is 8.10. The minimum Gasteiger partial charge on any atom is -0.475 e. The van der Waals surface area contributed by atoms with Crippen LogP contribution in [-0.4, -0.2) is 68.2 Å². The molecule has 0 aliphatic carbocycles. The smallest absolute Gasteiger partial charge is 0.475 e. The second-order valence-corrected chi connectivity index (χ2v) is 5.77. The molecule has 0 bridgehead atoms. The van der Waals surface area contributed by atoms with Crippen molar-refractivity contribution in [3.8, 4) is 0 Å². The van der Waals surface area contributed by atoms with Crippen molar-refractivity contribution in [1.29, 1.82) is 0 Å². The van der Waals surface area contributed by atoms with Crippen LogP contribution in [0.4, 0.5) is 29.3 Å². The molecule has 0 saturated carbocycles. The van der Waals surface area contributed by atoms with Gasteiger partial charge in [0.1, 0.15) is 12.7 Å². The Balaban J connectivity index is 0.000000345. The molecule has 28 heavy (non-hydrogen) atoms. The number of amides is 2. The van der Waals surface area contributed by atoms with Crippen LogP contribution in [-0.2, 0) is 19.1 Å². The van der Waals surface area contributed by atoms with E-state index in [1.54, 1.807) is 21.9 Å². The Kier molecular flexibility index (Phi) is 6.80. The number of ether oxygens (including phenoxy) is 2. The molecule has 0 spiro atoms. The van der Waals surface area contributed by atoms with E-state index in [0.29, 0.717) is 26.2 Å². The number of halogens is 3. The lowest BCUT2D eigenvalue weighted by molar-refractivity contribution is -0.192. The van der Waals surface area contributed by atoms with Gasteiger partial charge >= 0.3 is 18.2 Å². The Labute approximate surface area is 157 Å². The molecule has 1 aromatic carbocycles. The van der Waals surface area contributed by atoms with Crippen LogP contribution in [0.2, 0.25) is 0 Å². The minimum absolute atomic E-state index is 0.0576. The van der Waals surface area contributed by atoms with Gasteiger partial charge in [-0.1, -0.05) is 0 Å². The highest BCUT2D eigenvalue weighted by Gasteiger charge is 2.38. The van der Waals surface area contributed by atoms with E-state index in [1.165, 1.54) is 0 Å². The normalized spacial score (nSPS) is 19.8. The van der Waals surface area contributed by atoms with Crippen LogP contribution in [0, 0.1) is 0 Å². The second-order valence-electron chi connectivity index (χ2n) is 5.77. The number of hydrogen-bond donors (Lipinski definition) is 2. The highest BCUT2D eigenvalue weighted by atomic mass is 19.4. The van der Waals surface area contributed by atoms with Crippen molar-refractivity contribution in [1.82, 2.24) is 0 Å². The lowest BCUT2D eigenvalue weighted by atomic mass is 10.2. The van der Waals surface area contributed by atoms with Gasteiger partial charge in [-0.05, 0) is 24.3 Å². The number of aliphatic carboxylic acids is 1. The van der Waals surface area contributed by atoms with E-state index in [-0.39, 0.29) is 24.7 Å². The number of rotatable bonds is 3. The third-order valence-electron chi connectivity index (χ3n) is 3.84. The van der Waals surface area contributed by atoms with Crippen LogP contribution < -0.4 is 15.5 Å². The topological polar surface area (TPSA) is 122 Å². The van der Waals surface area contributed by atoms with Gasteiger partial charge in [0, 0.05) is 24.5 Å². The highest BCUT2D eigenvalue weighted by molar-refractivity contribution is 5.95. The molecule has 0 unspecified atom stereocenters. The highest BCUT2D eigenvalue weighted by Crippen LogP contribution is 2.25. The predicted octanol–water partition coefficient (Wildman–Crippen LogP) is 0.967. The van der Waals surface area contributed by atoms with Crippen molar-refractivity contribution in [2.45, 2.75) is 12.3 Å². The van der Waals surface area contributed by atoms with E-state index in [1.807, 2.05) is 12.1 Å². The first-order valence-electron chi connectivity index (χ1n) is 8.10. The summed E-state index contributed by atoms with van der Waals surface area (Å²) in [5.41, 5.74) is 7.05. The van der Waals surface area contributed by atoms with Crippen LogP contribution >= 0.6 is 0 Å². The van der Waals surface area contributed by atoms with Crippen molar-refractivity contribution in [3.63, 3.8) is 0 Å². The molecule has 2 amide bonds. The van der Waals surface area contributed by atoms with E-state index in [9.17, 15) is 22.8 Å². The number of carboxylic acids is 1. The number of anilines is 2. The number of hydrogen-bond acceptors (Lipinski definition) is 6. The van der Waals surface area contributed by atoms with Gasteiger partial charge in [0.2, 0.25) is 0 Å². The summed E-state index contributed by atoms with van der Waals surface area (Å²) < 4.78 is 42.0. The third-order valence-corrected chi connectivity index (χ3v) is 3.84. The molecule has 2 saturated heterocycles. The summed E-state index contributed by atoms with van der Waals surface area (Å²) in [5, 5.41) is 7.12. The van der Waals surface area contributed by atoms with Crippen LogP contribution in [0.25, 0.3) is 0 Å². The van der Waals surface area contributed by atoms with Crippen molar-refractivity contribution in [3.05, 3.63) is 24.3 Å². The molecule has 0 radical (unpaired) electrons. The molecular weight excluding hydrogens is 387 g/mol. The Bertz CT molecular complexity index is 725. The maximum absolute atomic E-state index is 11.8. The number of alkyl halides is 3. The summed E-state index contributed by atoms with van der Waals surface area (Å²) in [4.78, 5) is 35.6. The fourth-order valence-electron chi connectivity index (χ4n) is 2.46. The zero-order valence-electron chi connectivity index (χ0n) is 14.5. The molecule has 1 aromatic rings. The number of nitrogens with two attached hydrogens (primary N) is 1. The lowest BCUT2D eigenvalue weighted by Gasteiger charge is -2.27. The van der Waals surface area contributed by atoms with Crippen molar-refractivity contribution in [2.75, 3.05) is 42.6 Å². The molecule has 2 heterocycles. The van der Waals surface area contributed by atoms with Gasteiger partial charge in [-0.3, -0.25) is 9.69 Å². The SMILES string of the molecule is NC[C@H]1CN(c2ccc(N3CCOCC3=O)cc2)C(=O)O1.O=C(O)C(F)(F)F. The molecule has 3 rings (SSSR count). The molecule has 9 nitrogen and oxygen atoms in total. The molecule has 154 valence electrons. The summed E-state index contributed by atoms with van der Waals surface area (Å²) in [6.45, 7) is 1.94. The third kappa shape index (κ3) is 5.33. The van der Waals surface area contributed by atoms with E-state index in [4.69, 9.17) is 25.1 Å². The van der Waals surface area contributed by atoms with E-state index in [0.717, 1.165) is 11.4 Å². The largest absolute Gasteiger partial charge is 0.490 e. The summed E-state index contributed by atoms with van der Waals surface area (Å²) in [6.07, 6.45) is -5.74. The number of carbonyl (C=O) groups is 3. The van der Waals surface area contributed by atoms with Gasteiger partial charge in [-0.25, -0.2) is 9.59 Å². The molecule has 2 aliphatic heterocycles. The van der Waals surface area contributed by atoms with Gasteiger partial charge in [0.25, 0.3) is 5.91 Å².